The van der Waals surface area contributed by atoms with Crippen LogP contribution < -0.4 is 10.2 Å². The third kappa shape index (κ3) is 5.44. The van der Waals surface area contributed by atoms with Crippen molar-refractivity contribution in [3.05, 3.63) is 58.0 Å². The molecule has 0 spiro atoms. The fourth-order valence-electron chi connectivity index (χ4n) is 3.61. The third-order valence-corrected chi connectivity index (χ3v) is 5.40. The zero-order chi connectivity index (χ0) is 24.3. The molecule has 1 atom stereocenters. The Balaban J connectivity index is 1.70. The maximum atomic E-state index is 13.0. The molecule has 1 N–H and O–H groups in total. The zero-order valence-corrected chi connectivity index (χ0v) is 18.0. The van der Waals surface area contributed by atoms with E-state index in [1.165, 1.54) is 17.2 Å². The van der Waals surface area contributed by atoms with Gasteiger partial charge in [0.25, 0.3) is 11.6 Å². The highest BCUT2D eigenvalue weighted by atomic mass is 19.4. The fraction of sp³-hybridized carbons (Fsp3) is 0.429. The van der Waals surface area contributed by atoms with Crippen molar-refractivity contribution in [2.45, 2.75) is 26.1 Å². The number of amides is 2. The Kier molecular flexibility index (Phi) is 6.94. The standard InChI is InChI=1S/C21H23F3N4O5/c1-13(2)18(25-19(29)17-4-3-11-33-17)20(30)27-9-7-26(8-10-27)15-6-5-14(21(22,23)24)12-16(15)28(31)32/h3-6,11-13,18H,7-10H2,1-2H3,(H,25,29)/t18-/m0/s1. The van der Waals surface area contributed by atoms with E-state index in [1.807, 2.05) is 0 Å². The minimum Gasteiger partial charge on any atom is -0.459 e. The number of alkyl halides is 3. The Labute approximate surface area is 187 Å². The lowest BCUT2D eigenvalue weighted by molar-refractivity contribution is -0.384. The van der Waals surface area contributed by atoms with Gasteiger partial charge in [0.05, 0.1) is 16.7 Å². The summed E-state index contributed by atoms with van der Waals surface area (Å²) in [7, 11) is 0. The Bertz CT molecular complexity index is 1020. The van der Waals surface area contributed by atoms with Crippen molar-refractivity contribution < 1.29 is 32.1 Å². The van der Waals surface area contributed by atoms with E-state index >= 15 is 0 Å². The molecule has 178 valence electrons. The summed E-state index contributed by atoms with van der Waals surface area (Å²) in [5.41, 5.74) is -1.68. The van der Waals surface area contributed by atoms with Crippen LogP contribution in [0.25, 0.3) is 0 Å². The van der Waals surface area contributed by atoms with Crippen molar-refractivity contribution in [2.75, 3.05) is 31.1 Å². The topological polar surface area (TPSA) is 109 Å². The molecule has 0 saturated carbocycles. The van der Waals surface area contributed by atoms with E-state index in [0.29, 0.717) is 6.07 Å². The van der Waals surface area contributed by atoms with Crippen LogP contribution in [-0.2, 0) is 11.0 Å². The normalized spacial score (nSPS) is 15.5. The van der Waals surface area contributed by atoms with Crippen LogP contribution in [0.2, 0.25) is 0 Å². The van der Waals surface area contributed by atoms with Crippen LogP contribution in [-0.4, -0.2) is 53.9 Å². The molecule has 1 aromatic heterocycles. The molecule has 1 fully saturated rings. The number of carbonyl (C=O) groups is 2. The van der Waals surface area contributed by atoms with Gasteiger partial charge in [-0.15, -0.1) is 0 Å². The lowest BCUT2D eigenvalue weighted by Crippen LogP contribution is -2.56. The van der Waals surface area contributed by atoms with Gasteiger partial charge in [0, 0.05) is 32.2 Å². The molecule has 2 heterocycles. The highest BCUT2D eigenvalue weighted by Crippen LogP contribution is 2.36. The minimum absolute atomic E-state index is 0.0617. The van der Waals surface area contributed by atoms with Gasteiger partial charge < -0.3 is 19.5 Å². The molecule has 2 aromatic rings. The molecule has 0 unspecified atom stereocenters. The number of nitrogens with one attached hydrogen (secondary N) is 1. The number of nitro groups is 1. The van der Waals surface area contributed by atoms with E-state index in [-0.39, 0.29) is 49.5 Å². The molecule has 1 aliphatic rings. The Morgan fingerprint density at radius 2 is 1.82 bits per heavy atom. The number of hydrogen-bond donors (Lipinski definition) is 1. The smallest absolute Gasteiger partial charge is 0.416 e. The first kappa shape index (κ1) is 24.1. The molecular formula is C21H23F3N4O5. The molecule has 0 bridgehead atoms. The van der Waals surface area contributed by atoms with Gasteiger partial charge in [0.1, 0.15) is 11.7 Å². The van der Waals surface area contributed by atoms with Gasteiger partial charge in [0.15, 0.2) is 5.76 Å². The van der Waals surface area contributed by atoms with Crippen LogP contribution in [0, 0.1) is 16.0 Å². The van der Waals surface area contributed by atoms with Gasteiger partial charge in [-0.3, -0.25) is 19.7 Å². The molecule has 2 amide bonds. The second kappa shape index (κ2) is 9.51. The summed E-state index contributed by atoms with van der Waals surface area (Å²) in [6.45, 7) is 4.33. The number of anilines is 1. The lowest BCUT2D eigenvalue weighted by Gasteiger charge is -2.38. The number of rotatable bonds is 6. The van der Waals surface area contributed by atoms with Gasteiger partial charge in [-0.2, -0.15) is 13.2 Å². The number of carbonyl (C=O) groups excluding carboxylic acids is 2. The molecular weight excluding hydrogens is 445 g/mol. The number of nitrogens with zero attached hydrogens (tertiary/aromatic N) is 3. The third-order valence-electron chi connectivity index (χ3n) is 5.40. The van der Waals surface area contributed by atoms with Crippen molar-refractivity contribution in [3.63, 3.8) is 0 Å². The maximum Gasteiger partial charge on any atom is 0.416 e. The summed E-state index contributed by atoms with van der Waals surface area (Å²) in [5, 5.41) is 14.0. The highest BCUT2D eigenvalue weighted by molar-refractivity contribution is 5.95. The SMILES string of the molecule is CC(C)[C@H](NC(=O)c1ccco1)C(=O)N1CCN(c2ccc(C(F)(F)F)cc2[N+](=O)[O-])CC1. The molecule has 1 aliphatic heterocycles. The van der Waals surface area contributed by atoms with Gasteiger partial charge in [0.2, 0.25) is 5.91 Å². The van der Waals surface area contributed by atoms with Gasteiger partial charge in [-0.05, 0) is 30.2 Å². The quantitative estimate of drug-likeness (QED) is 0.515. The first-order valence-corrected chi connectivity index (χ1v) is 10.2. The fourth-order valence-corrected chi connectivity index (χ4v) is 3.61. The summed E-state index contributed by atoms with van der Waals surface area (Å²) in [6.07, 6.45) is -3.35. The van der Waals surface area contributed by atoms with E-state index in [9.17, 15) is 32.9 Å². The Morgan fingerprint density at radius 1 is 1.15 bits per heavy atom. The first-order chi connectivity index (χ1) is 15.5. The molecule has 3 rings (SSSR count). The highest BCUT2D eigenvalue weighted by Gasteiger charge is 2.35. The molecule has 12 heteroatoms. The number of furan rings is 1. The summed E-state index contributed by atoms with van der Waals surface area (Å²) in [5.74, 6) is -0.976. The maximum absolute atomic E-state index is 13.0. The summed E-state index contributed by atoms with van der Waals surface area (Å²) in [6, 6.07) is 4.63. The number of benzene rings is 1. The van der Waals surface area contributed by atoms with Crippen molar-refractivity contribution >= 4 is 23.2 Å². The monoisotopic (exact) mass is 468 g/mol. The minimum atomic E-state index is -4.69. The van der Waals surface area contributed by atoms with E-state index in [1.54, 1.807) is 24.8 Å². The first-order valence-electron chi connectivity index (χ1n) is 10.2. The second-order valence-corrected chi connectivity index (χ2v) is 7.94. The summed E-state index contributed by atoms with van der Waals surface area (Å²) in [4.78, 5) is 39.0. The molecule has 9 nitrogen and oxygen atoms in total. The van der Waals surface area contributed by atoms with E-state index < -0.39 is 34.3 Å². The van der Waals surface area contributed by atoms with Crippen molar-refractivity contribution in [1.29, 1.82) is 0 Å². The van der Waals surface area contributed by atoms with Crippen LogP contribution in [0.15, 0.2) is 41.0 Å². The van der Waals surface area contributed by atoms with Crippen LogP contribution in [0.5, 0.6) is 0 Å². The van der Waals surface area contributed by atoms with Gasteiger partial charge >= 0.3 is 6.18 Å². The summed E-state index contributed by atoms with van der Waals surface area (Å²) < 4.78 is 43.9. The molecule has 0 radical (unpaired) electrons. The predicted octanol–water partition coefficient (Wildman–Crippen LogP) is 3.31. The Morgan fingerprint density at radius 3 is 2.33 bits per heavy atom. The second-order valence-electron chi connectivity index (χ2n) is 7.94. The Hall–Kier alpha value is -3.57. The van der Waals surface area contributed by atoms with Gasteiger partial charge in [-0.1, -0.05) is 13.8 Å². The number of nitro benzene ring substituents is 1. The van der Waals surface area contributed by atoms with Crippen LogP contribution in [0.1, 0.15) is 30.0 Å². The van der Waals surface area contributed by atoms with Gasteiger partial charge in [-0.25, -0.2) is 0 Å². The average molecular weight is 468 g/mol. The van der Waals surface area contributed by atoms with E-state index in [0.717, 1.165) is 12.1 Å². The number of hydrogen-bond acceptors (Lipinski definition) is 6. The van der Waals surface area contributed by atoms with Crippen LogP contribution in [0.3, 0.4) is 0 Å². The van der Waals surface area contributed by atoms with Crippen LogP contribution >= 0.6 is 0 Å². The number of halogens is 3. The van der Waals surface area contributed by atoms with Crippen LogP contribution in [0.4, 0.5) is 24.5 Å². The van der Waals surface area contributed by atoms with E-state index in [2.05, 4.69) is 5.32 Å². The molecule has 1 aromatic carbocycles. The van der Waals surface area contributed by atoms with Crippen molar-refractivity contribution in [2.24, 2.45) is 5.92 Å². The molecule has 33 heavy (non-hydrogen) atoms. The predicted molar refractivity (Wildman–Crippen MR) is 112 cm³/mol. The molecule has 0 aliphatic carbocycles. The largest absolute Gasteiger partial charge is 0.459 e. The summed E-state index contributed by atoms with van der Waals surface area (Å²) >= 11 is 0. The zero-order valence-electron chi connectivity index (χ0n) is 18.0. The number of piperazine rings is 1. The lowest BCUT2D eigenvalue weighted by atomic mass is 10.0. The van der Waals surface area contributed by atoms with E-state index in [4.69, 9.17) is 4.42 Å². The van der Waals surface area contributed by atoms with Crippen molar-refractivity contribution in [3.8, 4) is 0 Å². The van der Waals surface area contributed by atoms with Crippen molar-refractivity contribution in [1.82, 2.24) is 10.2 Å². The average Bonchev–Trinajstić information content (AvgIpc) is 3.31. The molecule has 1 saturated heterocycles.